The highest BCUT2D eigenvalue weighted by Gasteiger charge is 2.51. The fourth-order valence-electron chi connectivity index (χ4n) is 13.1. The van der Waals surface area contributed by atoms with E-state index in [0.29, 0.717) is 63.3 Å². The van der Waals surface area contributed by atoms with Crippen LogP contribution in [0.4, 0.5) is 48.3 Å². The topological polar surface area (TPSA) is 226 Å². The van der Waals surface area contributed by atoms with Gasteiger partial charge in [-0.1, -0.05) is 105 Å². The molecule has 0 saturated heterocycles. The third-order valence-electron chi connectivity index (χ3n) is 17.9. The Morgan fingerprint density at radius 1 is 0.596 bits per heavy atom. The average molecular weight is 1600 g/mol. The van der Waals surface area contributed by atoms with Crippen LogP contribution in [-0.2, 0) is 56.6 Å². The number of thioether (sulfide) groups is 3. The van der Waals surface area contributed by atoms with E-state index in [1.54, 1.807) is 11.8 Å². The molecule has 5 aromatic carbocycles. The summed E-state index contributed by atoms with van der Waals surface area (Å²) in [6, 6.07) is 20.7. The Labute approximate surface area is 596 Å². The predicted molar refractivity (Wildman–Crippen MR) is 368 cm³/mol. The molecule has 0 amide bonds. The van der Waals surface area contributed by atoms with E-state index in [0.717, 1.165) is 124 Å². The highest BCUT2D eigenvalue weighted by molar-refractivity contribution is 9.10. The van der Waals surface area contributed by atoms with Crippen LogP contribution in [0.15, 0.2) is 126 Å². The number of alkyl halides is 3. The van der Waals surface area contributed by atoms with Gasteiger partial charge in [0.1, 0.15) is 65.8 Å². The van der Waals surface area contributed by atoms with Gasteiger partial charge in [-0.25, -0.2) is 39.9 Å². The van der Waals surface area contributed by atoms with Crippen LogP contribution in [0.2, 0.25) is 0 Å². The Morgan fingerprint density at radius 3 is 1.57 bits per heavy atom. The van der Waals surface area contributed by atoms with Crippen molar-refractivity contribution in [3.05, 3.63) is 187 Å². The smallest absolute Gasteiger partial charge is 0.461 e. The number of ether oxygens (including phenoxy) is 2. The molecular formula is C67H70BBr2F11N5O9S4+. The minimum absolute atomic E-state index is 0.0586. The van der Waals surface area contributed by atoms with E-state index in [1.165, 1.54) is 47.8 Å². The SMILES string of the molecule is NC1=N[C@@]2(c3cc(Br)c(F)cc3F)CCCC[C@H]2CS1.NC1=N[C@@]2(c3ccc(F)cc3F)CCCC[C@H]2CS1.O=C(CC1=N[C@@]2(c3cc(Br)c(F)cc3F)CCCC[C@H]2CS1)OCc1ccccc1.OB(O)c1ccc(F)cc1F.[CH2+]COC(=O)C1=C(OS(=O)(=O)C(F)(F)F)CCCC1. The first-order chi connectivity index (χ1) is 46.9. The summed E-state index contributed by atoms with van der Waals surface area (Å²) >= 11 is 11.0. The molecule has 3 saturated carbocycles. The largest absolute Gasteiger partial charge is 0.534 e. The molecular weight excluding hydrogens is 1530 g/mol. The first-order valence-corrected chi connectivity index (χ1v) is 37.5. The third-order valence-corrected chi connectivity index (χ3v) is 23.1. The van der Waals surface area contributed by atoms with Crippen molar-refractivity contribution in [2.75, 3.05) is 23.9 Å². The summed E-state index contributed by atoms with van der Waals surface area (Å²) in [6.07, 6.45) is 12.6. The molecule has 12 rings (SSSR count). The standard InChI is InChI=1S/C23H22BrF2NO2S.C14H15BrF2N2S.C14H16F2N2S.C10H12F3O5S.C6H5BF2O2/c24-18-10-17(19(25)11-20(18)26)23-9-5-4-8-16(23)14-30-21(27-23)12-22(28)29-13-15-6-2-1-3-7-15;15-10-5-9(11(16)6-12(10)17)14-4-2-1-3-8(14)7-20-13(18)19-14;15-10-4-5-11(12(16)7-10)14-6-2-1-3-9(14)8-19-13(17)18-14;1-2-17-9(14)7-5-3-4-6-8(7)18-19(15,16)10(11,12)13;8-4-1-2-5(7(10)11)6(9)3-4/h1-3,6-7,10-11,16H,4-5,8-9,12-14H2;5-6,8H,1-4,7H2,(H2,18,19);4-5,7,9H,1-3,6,8H2,(H2,17,18);1-6H2;1-3,10-11H/q;;;+1;/t16-,23-;8-,14-;9-,14-;;/m000../s1. The normalized spacial score (nSPS) is 23.4. The molecule has 5 aromatic rings. The highest BCUT2D eigenvalue weighted by atomic mass is 79.9. The van der Waals surface area contributed by atoms with Crippen LogP contribution in [0.1, 0.15) is 131 Å². The Bertz CT molecular complexity index is 3960. The molecule has 0 radical (unpaired) electrons. The van der Waals surface area contributed by atoms with Crippen molar-refractivity contribution in [1.29, 1.82) is 0 Å². The van der Waals surface area contributed by atoms with E-state index in [2.05, 4.69) is 57.7 Å². The van der Waals surface area contributed by atoms with E-state index >= 15 is 0 Å². The van der Waals surface area contributed by atoms with Gasteiger partial charge in [0.05, 0.1) is 42.6 Å². The second-order valence-electron chi connectivity index (χ2n) is 24.1. The lowest BCUT2D eigenvalue weighted by atomic mass is 9.69. The number of benzene rings is 5. The Kier molecular flexibility index (Phi) is 27.9. The van der Waals surface area contributed by atoms with E-state index in [-0.39, 0.29) is 70.3 Å². The van der Waals surface area contributed by atoms with Gasteiger partial charge in [0.15, 0.2) is 10.3 Å². The van der Waals surface area contributed by atoms with E-state index < -0.39 is 97.6 Å². The summed E-state index contributed by atoms with van der Waals surface area (Å²) in [5.41, 5.74) is 6.07. The second kappa shape index (κ2) is 34.9. The summed E-state index contributed by atoms with van der Waals surface area (Å²) in [6.45, 7) is 3.26. The molecule has 0 unspecified atom stereocenters. The number of hydrogen-bond donors (Lipinski definition) is 4. The fraction of sp³-hybridized carbons (Fsp3) is 0.433. The minimum atomic E-state index is -5.76. The number of halogens is 13. The van der Waals surface area contributed by atoms with E-state index in [4.69, 9.17) is 31.2 Å². The van der Waals surface area contributed by atoms with Crippen LogP contribution in [-0.4, -0.2) is 82.3 Å². The predicted octanol–water partition coefficient (Wildman–Crippen LogP) is 15.7. The van der Waals surface area contributed by atoms with Crippen molar-refractivity contribution >= 4 is 117 Å². The lowest BCUT2D eigenvalue weighted by Crippen LogP contribution is -2.43. The molecule has 534 valence electrons. The number of allylic oxidation sites excluding steroid dienone is 1. The van der Waals surface area contributed by atoms with Crippen LogP contribution in [0.3, 0.4) is 0 Å². The van der Waals surface area contributed by atoms with Crippen LogP contribution >= 0.6 is 67.1 Å². The molecule has 99 heavy (non-hydrogen) atoms. The molecule has 3 aliphatic heterocycles. The molecule has 7 aliphatic rings. The molecule has 0 spiro atoms. The quantitative estimate of drug-likeness (QED) is 0.0173. The number of rotatable bonds is 12. The fourth-order valence-corrected chi connectivity index (χ4v) is 17.7. The number of carbonyl (C=O) groups excluding carboxylic acids is 2. The number of carbonyl (C=O) groups is 2. The van der Waals surface area contributed by atoms with Gasteiger partial charge >= 0.3 is 34.7 Å². The third kappa shape index (κ3) is 19.7. The van der Waals surface area contributed by atoms with Gasteiger partial charge in [-0.15, -0.1) is 11.8 Å². The molecule has 6 atom stereocenters. The molecule has 6 N–H and O–H groups in total. The maximum absolute atomic E-state index is 14.9. The second-order valence-corrected chi connectivity index (χ2v) is 30.6. The molecule has 14 nitrogen and oxygen atoms in total. The van der Waals surface area contributed by atoms with Crippen molar-refractivity contribution in [2.45, 2.75) is 138 Å². The molecule has 4 aliphatic carbocycles. The Hall–Kier alpha value is -5.77. The zero-order valence-corrected chi connectivity index (χ0v) is 59.5. The lowest BCUT2D eigenvalue weighted by molar-refractivity contribution is -0.143. The minimum Gasteiger partial charge on any atom is -0.461 e. The van der Waals surface area contributed by atoms with E-state index in [9.17, 15) is 66.3 Å². The maximum atomic E-state index is 14.9. The van der Waals surface area contributed by atoms with Gasteiger partial charge < -0.3 is 35.2 Å². The van der Waals surface area contributed by atoms with Crippen molar-refractivity contribution < 1.29 is 90.0 Å². The number of esters is 2. The highest BCUT2D eigenvalue weighted by Crippen LogP contribution is 2.53. The Morgan fingerprint density at radius 2 is 1.07 bits per heavy atom. The van der Waals surface area contributed by atoms with Crippen molar-refractivity contribution in [1.82, 2.24) is 0 Å². The summed E-state index contributed by atoms with van der Waals surface area (Å²) in [4.78, 5) is 38.0. The number of nitrogens with two attached hydrogens (primary N) is 2. The van der Waals surface area contributed by atoms with E-state index in [1.807, 2.05) is 30.3 Å². The van der Waals surface area contributed by atoms with Crippen LogP contribution in [0.5, 0.6) is 0 Å². The average Bonchev–Trinajstić information content (AvgIpc) is 0.746. The summed E-state index contributed by atoms with van der Waals surface area (Å²) in [5, 5.41) is 18.7. The van der Waals surface area contributed by atoms with Gasteiger partial charge in [0.25, 0.3) is 0 Å². The summed E-state index contributed by atoms with van der Waals surface area (Å²) < 4.78 is 181. The number of fused-ring (bicyclic) bond motifs is 3. The number of hydrogen-bond acceptors (Lipinski definition) is 17. The van der Waals surface area contributed by atoms with Gasteiger partial charge in [0, 0.05) is 70.1 Å². The molecule has 32 heteroatoms. The van der Waals surface area contributed by atoms with Gasteiger partial charge in [-0.2, -0.15) is 21.6 Å². The first kappa shape index (κ1) is 78.9. The lowest BCUT2D eigenvalue weighted by Gasteiger charge is -2.45. The molecule has 0 bridgehead atoms. The van der Waals surface area contributed by atoms with Crippen molar-refractivity contribution in [2.24, 2.45) is 44.2 Å². The molecule has 3 fully saturated rings. The van der Waals surface area contributed by atoms with Crippen LogP contribution in [0, 0.1) is 71.2 Å². The van der Waals surface area contributed by atoms with Gasteiger partial charge in [-0.3, -0.25) is 19.8 Å². The van der Waals surface area contributed by atoms with Crippen LogP contribution in [0.25, 0.3) is 0 Å². The number of nitrogens with zero attached hydrogens (tertiary/aromatic N) is 3. The number of aliphatic imine (C=N–C) groups is 3. The van der Waals surface area contributed by atoms with Crippen molar-refractivity contribution in [3.8, 4) is 0 Å². The van der Waals surface area contributed by atoms with Gasteiger partial charge in [-0.05, 0) is 137 Å². The monoisotopic (exact) mass is 1590 g/mol. The summed E-state index contributed by atoms with van der Waals surface area (Å²) in [7, 11) is -7.65. The Balaban J connectivity index is 0.000000163. The summed E-state index contributed by atoms with van der Waals surface area (Å²) in [5.74, 6) is -3.63. The molecule has 0 aromatic heterocycles. The maximum Gasteiger partial charge on any atom is 0.534 e. The van der Waals surface area contributed by atoms with Crippen LogP contribution < -0.4 is 16.9 Å². The zero-order valence-electron chi connectivity index (χ0n) is 53.0. The molecule has 3 heterocycles. The van der Waals surface area contributed by atoms with Crippen molar-refractivity contribution in [3.63, 3.8) is 0 Å². The number of amidine groups is 2. The zero-order chi connectivity index (χ0) is 72.0. The van der Waals surface area contributed by atoms with Gasteiger partial charge in [0.2, 0.25) is 6.61 Å². The first-order valence-electron chi connectivity index (χ1n) is 31.6.